The zero-order valence-corrected chi connectivity index (χ0v) is 13.5. The van der Waals surface area contributed by atoms with E-state index in [-0.39, 0.29) is 18.5 Å². The summed E-state index contributed by atoms with van der Waals surface area (Å²) in [5.74, 6) is 2.00. The van der Waals surface area contributed by atoms with Crippen LogP contribution >= 0.6 is 0 Å². The Balaban J connectivity index is 1.95. The average Bonchev–Trinajstić information content (AvgIpc) is 2.43. The lowest BCUT2D eigenvalue weighted by molar-refractivity contribution is 0.00553. The number of hydrogen-bond acceptors (Lipinski definition) is 3. The van der Waals surface area contributed by atoms with Gasteiger partial charge in [0.2, 0.25) is 0 Å². The third kappa shape index (κ3) is 4.31. The second-order valence-electron chi connectivity index (χ2n) is 6.48. The van der Waals surface area contributed by atoms with Gasteiger partial charge in [0.1, 0.15) is 12.4 Å². The molecule has 1 aliphatic rings. The Morgan fingerprint density at radius 2 is 1.86 bits per heavy atom. The van der Waals surface area contributed by atoms with E-state index < -0.39 is 0 Å². The van der Waals surface area contributed by atoms with Gasteiger partial charge in [0.25, 0.3) is 0 Å². The zero-order chi connectivity index (χ0) is 15.4. The molecule has 0 bridgehead atoms. The quantitative estimate of drug-likeness (QED) is 0.768. The van der Waals surface area contributed by atoms with Crippen LogP contribution in [-0.2, 0) is 4.74 Å². The number of rotatable bonds is 5. The smallest absolute Gasteiger partial charge is 0.192 e. The molecule has 0 radical (unpaired) electrons. The maximum absolute atomic E-state index is 12.3. The summed E-state index contributed by atoms with van der Waals surface area (Å²) < 4.78 is 11.2. The second-order valence-corrected chi connectivity index (χ2v) is 6.48. The van der Waals surface area contributed by atoms with Crippen molar-refractivity contribution in [3.05, 3.63) is 29.3 Å². The molecule has 21 heavy (non-hydrogen) atoms. The molecule has 2 unspecified atom stereocenters. The van der Waals surface area contributed by atoms with E-state index in [2.05, 4.69) is 13.8 Å². The van der Waals surface area contributed by atoms with Crippen LogP contribution < -0.4 is 4.74 Å². The molecule has 1 saturated carbocycles. The van der Waals surface area contributed by atoms with Crippen molar-refractivity contribution in [1.29, 1.82) is 0 Å². The van der Waals surface area contributed by atoms with E-state index in [0.29, 0.717) is 23.1 Å². The van der Waals surface area contributed by atoms with Crippen LogP contribution in [0.15, 0.2) is 18.2 Å². The number of carbonyl (C=O) groups is 1. The number of ether oxygens (including phenoxy) is 2. The summed E-state index contributed by atoms with van der Waals surface area (Å²) >= 11 is 0. The van der Waals surface area contributed by atoms with Gasteiger partial charge in [-0.1, -0.05) is 19.9 Å². The molecule has 0 amide bonds. The Bertz CT molecular complexity index is 485. The van der Waals surface area contributed by atoms with Crippen molar-refractivity contribution in [2.24, 2.45) is 11.8 Å². The highest BCUT2D eigenvalue weighted by Crippen LogP contribution is 2.30. The van der Waals surface area contributed by atoms with Crippen LogP contribution in [0.1, 0.15) is 49.0 Å². The van der Waals surface area contributed by atoms with Crippen molar-refractivity contribution in [1.82, 2.24) is 0 Å². The van der Waals surface area contributed by atoms with E-state index in [9.17, 15) is 4.79 Å². The monoisotopic (exact) mass is 290 g/mol. The second kappa shape index (κ2) is 7.08. The summed E-state index contributed by atoms with van der Waals surface area (Å²) in [6.07, 6.45) is 3.59. The van der Waals surface area contributed by atoms with Gasteiger partial charge >= 0.3 is 0 Å². The number of carbonyl (C=O) groups excluding carboxylic acids is 1. The van der Waals surface area contributed by atoms with Crippen molar-refractivity contribution in [3.63, 3.8) is 0 Å². The molecule has 0 aromatic heterocycles. The molecular formula is C18H26O3. The van der Waals surface area contributed by atoms with Gasteiger partial charge in [0.05, 0.1) is 18.8 Å². The highest BCUT2D eigenvalue weighted by atomic mass is 16.5. The molecule has 0 saturated heterocycles. The fraction of sp³-hybridized carbons (Fsp3) is 0.611. The van der Waals surface area contributed by atoms with E-state index in [1.165, 1.54) is 6.42 Å². The van der Waals surface area contributed by atoms with E-state index in [0.717, 1.165) is 18.4 Å². The molecule has 3 nitrogen and oxygen atoms in total. The molecule has 0 heterocycles. The molecule has 116 valence electrons. The van der Waals surface area contributed by atoms with Crippen LogP contribution in [0.2, 0.25) is 0 Å². The number of methoxy groups -OCH3 is 1. The topological polar surface area (TPSA) is 35.5 Å². The molecule has 0 spiro atoms. The van der Waals surface area contributed by atoms with Crippen LogP contribution in [0.3, 0.4) is 0 Å². The Labute approximate surface area is 127 Å². The van der Waals surface area contributed by atoms with E-state index in [4.69, 9.17) is 9.47 Å². The van der Waals surface area contributed by atoms with Crippen LogP contribution in [0.4, 0.5) is 0 Å². The fourth-order valence-corrected chi connectivity index (χ4v) is 3.31. The molecule has 1 aromatic carbocycles. The summed E-state index contributed by atoms with van der Waals surface area (Å²) in [4.78, 5) is 12.3. The summed E-state index contributed by atoms with van der Waals surface area (Å²) in [6.45, 7) is 6.65. The predicted molar refractivity (Wildman–Crippen MR) is 84.0 cm³/mol. The number of ketones is 1. The SMILES string of the molecule is COc1cc(C)ccc1C(=O)COC1CC(C)CC(C)C1. The molecule has 1 fully saturated rings. The molecule has 0 aliphatic heterocycles. The minimum absolute atomic E-state index is 0.00210. The zero-order valence-electron chi connectivity index (χ0n) is 13.5. The number of Topliss-reactive ketones (excluding diaryl/α,β-unsaturated/α-hetero) is 1. The molecule has 3 heteroatoms. The molecule has 1 aromatic rings. The van der Waals surface area contributed by atoms with E-state index in [1.807, 2.05) is 25.1 Å². The number of benzene rings is 1. The third-order valence-corrected chi connectivity index (χ3v) is 4.24. The molecule has 2 rings (SSSR count). The Kier molecular flexibility index (Phi) is 5.40. The van der Waals surface area contributed by atoms with Crippen molar-refractivity contribution >= 4 is 5.78 Å². The van der Waals surface area contributed by atoms with Crippen molar-refractivity contribution < 1.29 is 14.3 Å². The third-order valence-electron chi connectivity index (χ3n) is 4.24. The van der Waals surface area contributed by atoms with Crippen LogP contribution in [0.25, 0.3) is 0 Å². The first-order valence-corrected chi connectivity index (χ1v) is 7.79. The lowest BCUT2D eigenvalue weighted by Crippen LogP contribution is -2.28. The van der Waals surface area contributed by atoms with Gasteiger partial charge in [-0.15, -0.1) is 0 Å². The van der Waals surface area contributed by atoms with E-state index >= 15 is 0 Å². The number of aryl methyl sites for hydroxylation is 1. The fourth-order valence-electron chi connectivity index (χ4n) is 3.31. The Morgan fingerprint density at radius 3 is 2.48 bits per heavy atom. The highest BCUT2D eigenvalue weighted by Gasteiger charge is 2.25. The Morgan fingerprint density at radius 1 is 1.19 bits per heavy atom. The number of hydrogen-bond donors (Lipinski definition) is 0. The van der Waals surface area contributed by atoms with Gasteiger partial charge < -0.3 is 9.47 Å². The first-order chi connectivity index (χ1) is 9.99. The normalized spacial score (nSPS) is 25.6. The lowest BCUT2D eigenvalue weighted by Gasteiger charge is -2.31. The maximum atomic E-state index is 12.3. The molecular weight excluding hydrogens is 264 g/mol. The largest absolute Gasteiger partial charge is 0.496 e. The summed E-state index contributed by atoms with van der Waals surface area (Å²) in [7, 11) is 1.59. The molecule has 1 aliphatic carbocycles. The standard InChI is InChI=1S/C18H26O3/c1-12-5-6-16(18(10-12)20-4)17(19)11-21-15-8-13(2)7-14(3)9-15/h5-6,10,13-15H,7-9,11H2,1-4H3. The molecule has 0 N–H and O–H groups in total. The van der Waals surface area contributed by atoms with Gasteiger partial charge in [0, 0.05) is 0 Å². The van der Waals surface area contributed by atoms with E-state index in [1.54, 1.807) is 7.11 Å². The van der Waals surface area contributed by atoms with Gasteiger partial charge in [-0.25, -0.2) is 0 Å². The van der Waals surface area contributed by atoms with Gasteiger partial charge in [-0.2, -0.15) is 0 Å². The van der Waals surface area contributed by atoms with Gasteiger partial charge in [0.15, 0.2) is 5.78 Å². The highest BCUT2D eigenvalue weighted by molar-refractivity contribution is 5.99. The predicted octanol–water partition coefficient (Wildman–Crippen LogP) is 4.03. The Hall–Kier alpha value is -1.35. The average molecular weight is 290 g/mol. The van der Waals surface area contributed by atoms with Gasteiger partial charge in [-0.3, -0.25) is 4.79 Å². The van der Waals surface area contributed by atoms with Crippen molar-refractivity contribution in [2.45, 2.75) is 46.1 Å². The van der Waals surface area contributed by atoms with Crippen molar-refractivity contribution in [3.8, 4) is 5.75 Å². The van der Waals surface area contributed by atoms with Crippen LogP contribution in [0, 0.1) is 18.8 Å². The summed E-state index contributed by atoms with van der Waals surface area (Å²) in [6, 6.07) is 5.64. The first kappa shape index (κ1) is 16.0. The maximum Gasteiger partial charge on any atom is 0.192 e. The molecule has 2 atom stereocenters. The minimum Gasteiger partial charge on any atom is -0.496 e. The first-order valence-electron chi connectivity index (χ1n) is 7.79. The van der Waals surface area contributed by atoms with Crippen molar-refractivity contribution in [2.75, 3.05) is 13.7 Å². The minimum atomic E-state index is -0.00210. The lowest BCUT2D eigenvalue weighted by atomic mass is 9.82. The summed E-state index contributed by atoms with van der Waals surface area (Å²) in [5, 5.41) is 0. The summed E-state index contributed by atoms with van der Waals surface area (Å²) in [5.41, 5.74) is 1.69. The van der Waals surface area contributed by atoms with Gasteiger partial charge in [-0.05, 0) is 55.7 Å². The van der Waals surface area contributed by atoms with Crippen LogP contribution in [0.5, 0.6) is 5.75 Å². The van der Waals surface area contributed by atoms with Crippen LogP contribution in [-0.4, -0.2) is 25.6 Å².